The van der Waals surface area contributed by atoms with Gasteiger partial charge in [0.2, 0.25) is 0 Å². The molecule has 0 saturated heterocycles. The van der Waals surface area contributed by atoms with Gasteiger partial charge in [0.15, 0.2) is 5.43 Å². The summed E-state index contributed by atoms with van der Waals surface area (Å²) in [5, 5.41) is 0.618. The minimum Gasteiger partial charge on any atom is -0.456 e. The first kappa shape index (κ1) is 18.5. The van der Waals surface area contributed by atoms with Crippen molar-refractivity contribution in [3.8, 4) is 11.3 Å². The van der Waals surface area contributed by atoms with Gasteiger partial charge >= 0.3 is 0 Å². The molecule has 0 bridgehead atoms. The van der Waals surface area contributed by atoms with Crippen molar-refractivity contribution in [3.63, 3.8) is 0 Å². The molecule has 4 aromatic rings. The maximum atomic E-state index is 11.9. The molecule has 0 aliphatic carbocycles. The highest BCUT2D eigenvalue weighted by molar-refractivity contribution is 5.78. The minimum atomic E-state index is -0.00861. The van der Waals surface area contributed by atoms with Gasteiger partial charge in [0.05, 0.1) is 28.2 Å². The zero-order valence-corrected chi connectivity index (χ0v) is 16.0. The lowest BCUT2D eigenvalue weighted by molar-refractivity contribution is 0.619. The Hall–Kier alpha value is -3.27. The van der Waals surface area contributed by atoms with Gasteiger partial charge in [-0.15, -0.1) is 0 Å². The van der Waals surface area contributed by atoms with E-state index >= 15 is 0 Å². The number of aryl methyl sites for hydroxylation is 4. The third-order valence-corrected chi connectivity index (χ3v) is 4.41. The number of benzene rings is 2. The summed E-state index contributed by atoms with van der Waals surface area (Å²) in [4.78, 5) is 20.5. The topological polar surface area (TPSA) is 56.0 Å². The van der Waals surface area contributed by atoms with Crippen molar-refractivity contribution in [2.24, 2.45) is 0 Å². The fourth-order valence-electron chi connectivity index (χ4n) is 2.68. The molecule has 136 valence electrons. The molecule has 2 aromatic heterocycles. The Balaban J connectivity index is 0.000000180. The Kier molecular flexibility index (Phi) is 5.46. The molecule has 4 nitrogen and oxygen atoms in total. The third kappa shape index (κ3) is 4.29. The minimum absolute atomic E-state index is 0.00861. The molecule has 0 amide bonds. The first-order valence-electron chi connectivity index (χ1n) is 8.82. The molecular weight excluding hydrogens is 336 g/mol. The van der Waals surface area contributed by atoms with Crippen LogP contribution in [-0.4, -0.2) is 9.97 Å². The molecule has 0 spiro atoms. The van der Waals surface area contributed by atoms with Gasteiger partial charge in [-0.1, -0.05) is 42.5 Å². The van der Waals surface area contributed by atoms with Crippen molar-refractivity contribution >= 4 is 11.0 Å². The second-order valence-corrected chi connectivity index (χ2v) is 6.40. The number of hydrogen-bond donors (Lipinski definition) is 0. The smallest absolute Gasteiger partial charge is 0.193 e. The van der Waals surface area contributed by atoms with E-state index in [-0.39, 0.29) is 5.43 Å². The number of hydrogen-bond acceptors (Lipinski definition) is 4. The Morgan fingerprint density at radius 1 is 0.704 bits per heavy atom. The molecule has 2 heterocycles. The van der Waals surface area contributed by atoms with E-state index in [9.17, 15) is 4.79 Å². The number of rotatable bonds is 1. The third-order valence-electron chi connectivity index (χ3n) is 4.41. The van der Waals surface area contributed by atoms with Gasteiger partial charge in [-0.25, -0.2) is 0 Å². The first-order chi connectivity index (χ1) is 13.0. The van der Waals surface area contributed by atoms with Crippen molar-refractivity contribution in [2.75, 3.05) is 0 Å². The normalized spacial score (nSPS) is 10.4. The quantitative estimate of drug-likeness (QED) is 0.471. The predicted octanol–water partition coefficient (Wildman–Crippen LogP) is 5.17. The zero-order valence-electron chi connectivity index (χ0n) is 16.0. The van der Waals surface area contributed by atoms with Crippen LogP contribution in [-0.2, 0) is 0 Å². The van der Waals surface area contributed by atoms with Gasteiger partial charge < -0.3 is 4.42 Å². The van der Waals surface area contributed by atoms with E-state index in [1.807, 2.05) is 76.2 Å². The number of para-hydroxylation sites is 1. The average Bonchev–Trinajstić information content (AvgIpc) is 2.68. The van der Waals surface area contributed by atoms with Crippen LogP contribution in [0.5, 0.6) is 0 Å². The molecule has 0 radical (unpaired) electrons. The van der Waals surface area contributed by atoms with E-state index in [0.29, 0.717) is 16.7 Å². The van der Waals surface area contributed by atoms with Crippen molar-refractivity contribution in [2.45, 2.75) is 27.7 Å². The highest BCUT2D eigenvalue weighted by Gasteiger charge is 2.05. The van der Waals surface area contributed by atoms with Gasteiger partial charge in [-0.2, -0.15) is 0 Å². The molecule has 0 saturated carbocycles. The van der Waals surface area contributed by atoms with Crippen LogP contribution >= 0.6 is 0 Å². The highest BCUT2D eigenvalue weighted by atomic mass is 16.3. The van der Waals surface area contributed by atoms with Crippen LogP contribution in [0.1, 0.15) is 22.8 Å². The van der Waals surface area contributed by atoms with E-state index in [4.69, 9.17) is 4.42 Å². The van der Waals surface area contributed by atoms with Crippen LogP contribution in [0, 0.1) is 27.7 Å². The summed E-state index contributed by atoms with van der Waals surface area (Å²) < 4.78 is 5.73. The molecule has 0 N–H and O–H groups in total. The van der Waals surface area contributed by atoms with E-state index < -0.39 is 0 Å². The van der Waals surface area contributed by atoms with Crippen LogP contribution in [0.15, 0.2) is 69.9 Å². The van der Waals surface area contributed by atoms with Crippen molar-refractivity contribution < 1.29 is 4.42 Å². The summed E-state index contributed by atoms with van der Waals surface area (Å²) in [5.74, 6) is 0.606. The van der Waals surface area contributed by atoms with E-state index in [1.165, 1.54) is 6.07 Å². The lowest BCUT2D eigenvalue weighted by Crippen LogP contribution is -1.99. The average molecular weight is 358 g/mol. The second-order valence-electron chi connectivity index (χ2n) is 6.40. The van der Waals surface area contributed by atoms with Crippen LogP contribution in [0.4, 0.5) is 0 Å². The maximum Gasteiger partial charge on any atom is 0.193 e. The molecule has 0 fully saturated rings. The standard InChI is InChI=1S/C15H10O2.C8H12N2/c16-13-10-15(11-6-2-1-3-7-11)17-14-9-5-4-8-12(13)14;1-5-6(2)10-8(4)7(3)9-5/h1-10H;1-4H3. The maximum absolute atomic E-state index is 11.9. The Labute approximate surface area is 158 Å². The fraction of sp³-hybridized carbons (Fsp3) is 0.174. The monoisotopic (exact) mass is 358 g/mol. The van der Waals surface area contributed by atoms with Crippen LogP contribution in [0.25, 0.3) is 22.3 Å². The summed E-state index contributed by atoms with van der Waals surface area (Å²) in [6.45, 7) is 7.92. The molecule has 4 heteroatoms. The number of nitrogens with zero attached hydrogens (tertiary/aromatic N) is 2. The van der Waals surface area contributed by atoms with Crippen molar-refractivity contribution in [1.29, 1.82) is 0 Å². The SMILES string of the molecule is Cc1nc(C)c(C)nc1C.O=c1cc(-c2ccccc2)oc2ccccc12. The summed E-state index contributed by atoms with van der Waals surface area (Å²) in [7, 11) is 0. The summed E-state index contributed by atoms with van der Waals surface area (Å²) in [6.07, 6.45) is 0. The van der Waals surface area contributed by atoms with Crippen LogP contribution in [0.3, 0.4) is 0 Å². The predicted molar refractivity (Wildman–Crippen MR) is 109 cm³/mol. The van der Waals surface area contributed by atoms with E-state index in [2.05, 4.69) is 9.97 Å². The lowest BCUT2D eigenvalue weighted by Gasteiger charge is -2.02. The molecular formula is C23H22N2O2. The van der Waals surface area contributed by atoms with E-state index in [0.717, 1.165) is 28.3 Å². The second kappa shape index (κ2) is 7.96. The largest absolute Gasteiger partial charge is 0.456 e. The number of fused-ring (bicyclic) bond motifs is 1. The van der Waals surface area contributed by atoms with Gasteiger partial charge in [0.1, 0.15) is 11.3 Å². The Bertz CT molecular complexity index is 1080. The van der Waals surface area contributed by atoms with Crippen LogP contribution in [0.2, 0.25) is 0 Å². The molecule has 0 unspecified atom stereocenters. The van der Waals surface area contributed by atoms with Gasteiger partial charge in [0, 0.05) is 11.6 Å². The van der Waals surface area contributed by atoms with Gasteiger partial charge in [-0.3, -0.25) is 14.8 Å². The summed E-state index contributed by atoms with van der Waals surface area (Å²) >= 11 is 0. The Morgan fingerprint density at radius 2 is 1.22 bits per heavy atom. The molecule has 0 aliphatic heterocycles. The summed E-state index contributed by atoms with van der Waals surface area (Å²) in [6, 6.07) is 18.4. The van der Waals surface area contributed by atoms with Gasteiger partial charge in [0.25, 0.3) is 0 Å². The molecule has 0 atom stereocenters. The highest BCUT2D eigenvalue weighted by Crippen LogP contribution is 2.21. The van der Waals surface area contributed by atoms with Crippen molar-refractivity contribution in [1.82, 2.24) is 9.97 Å². The van der Waals surface area contributed by atoms with Gasteiger partial charge in [-0.05, 0) is 39.8 Å². The molecule has 0 aliphatic rings. The lowest BCUT2D eigenvalue weighted by atomic mass is 10.1. The van der Waals surface area contributed by atoms with E-state index in [1.54, 1.807) is 6.07 Å². The van der Waals surface area contributed by atoms with Crippen molar-refractivity contribution in [3.05, 3.63) is 93.7 Å². The fourth-order valence-corrected chi connectivity index (χ4v) is 2.68. The van der Waals surface area contributed by atoms with Crippen LogP contribution < -0.4 is 5.43 Å². The molecule has 27 heavy (non-hydrogen) atoms. The summed E-state index contributed by atoms with van der Waals surface area (Å²) in [5.41, 5.74) is 5.65. The zero-order chi connectivity index (χ0) is 19.4. The molecule has 4 rings (SSSR count). The number of aromatic nitrogens is 2. The molecule has 2 aromatic carbocycles. The Morgan fingerprint density at radius 3 is 1.81 bits per heavy atom. The first-order valence-corrected chi connectivity index (χ1v) is 8.82.